The van der Waals surface area contributed by atoms with E-state index < -0.39 is 0 Å². The van der Waals surface area contributed by atoms with Crippen molar-refractivity contribution in [2.45, 2.75) is 51.1 Å². The van der Waals surface area contributed by atoms with Gasteiger partial charge in [0, 0.05) is 12.6 Å². The first-order valence-corrected chi connectivity index (χ1v) is 7.68. The summed E-state index contributed by atoms with van der Waals surface area (Å²) in [5, 5.41) is 14.9. The molecule has 0 radical (unpaired) electrons. The summed E-state index contributed by atoms with van der Waals surface area (Å²) >= 11 is 0. The lowest BCUT2D eigenvalue weighted by Crippen LogP contribution is -2.18. The molecular formula is C14H22N4O. The third kappa shape index (κ3) is 3.08. The van der Waals surface area contributed by atoms with Crippen LogP contribution in [0.4, 0.5) is 6.01 Å². The second-order valence-corrected chi connectivity index (χ2v) is 6.38. The highest BCUT2D eigenvalue weighted by Crippen LogP contribution is 2.49. The van der Waals surface area contributed by atoms with Crippen molar-refractivity contribution in [1.82, 2.24) is 15.5 Å². The number of rotatable bonds is 8. The van der Waals surface area contributed by atoms with Crippen molar-refractivity contribution in [2.24, 2.45) is 17.8 Å². The van der Waals surface area contributed by atoms with Gasteiger partial charge in [-0.25, -0.2) is 0 Å². The van der Waals surface area contributed by atoms with E-state index in [-0.39, 0.29) is 0 Å². The molecule has 3 aliphatic carbocycles. The van der Waals surface area contributed by atoms with E-state index in [1.807, 2.05) is 0 Å². The molecule has 1 aromatic heterocycles. The van der Waals surface area contributed by atoms with Crippen molar-refractivity contribution in [3.8, 4) is 0 Å². The normalized spacial score (nSPS) is 23.0. The number of nitrogens with one attached hydrogen (secondary N) is 2. The highest BCUT2D eigenvalue weighted by Gasteiger charge is 2.41. The van der Waals surface area contributed by atoms with Crippen molar-refractivity contribution < 1.29 is 4.42 Å². The first kappa shape index (κ1) is 11.7. The number of nitrogens with zero attached hydrogens (tertiary/aromatic N) is 2. The predicted molar refractivity (Wildman–Crippen MR) is 71.6 cm³/mol. The summed E-state index contributed by atoms with van der Waals surface area (Å²) in [4.78, 5) is 0. The van der Waals surface area contributed by atoms with Gasteiger partial charge in [0.1, 0.15) is 0 Å². The van der Waals surface area contributed by atoms with Crippen molar-refractivity contribution >= 4 is 6.01 Å². The number of anilines is 1. The Morgan fingerprint density at radius 2 is 1.79 bits per heavy atom. The smallest absolute Gasteiger partial charge is 0.315 e. The molecule has 3 fully saturated rings. The molecule has 0 aromatic carbocycles. The Hall–Kier alpha value is -1.10. The van der Waals surface area contributed by atoms with E-state index in [4.69, 9.17) is 4.42 Å². The molecule has 104 valence electrons. The summed E-state index contributed by atoms with van der Waals surface area (Å²) in [6.07, 6.45) is 8.24. The molecule has 1 heterocycles. The molecule has 0 aliphatic heterocycles. The maximum atomic E-state index is 5.62. The van der Waals surface area contributed by atoms with Crippen molar-refractivity contribution in [3.63, 3.8) is 0 Å². The zero-order chi connectivity index (χ0) is 12.7. The number of hydrogen-bond donors (Lipinski definition) is 2. The van der Waals surface area contributed by atoms with Crippen molar-refractivity contribution in [1.29, 1.82) is 0 Å². The molecule has 0 bridgehead atoms. The minimum absolute atomic E-state index is 0.596. The van der Waals surface area contributed by atoms with Gasteiger partial charge in [-0.05, 0) is 56.3 Å². The van der Waals surface area contributed by atoms with Crippen LogP contribution >= 0.6 is 0 Å². The standard InChI is InChI=1S/C14H22N4O/c1-2-9(1)12(10-3-4-10)7-16-14-18-17-13(19-14)8-15-11-5-6-11/h9-12,15H,1-8H2,(H,16,18). The molecule has 0 atom stereocenters. The van der Waals surface area contributed by atoms with Crippen LogP contribution in [0.2, 0.25) is 0 Å². The summed E-state index contributed by atoms with van der Waals surface area (Å²) < 4.78 is 5.62. The molecule has 5 heteroatoms. The molecule has 0 spiro atoms. The Morgan fingerprint density at radius 1 is 1.05 bits per heavy atom. The van der Waals surface area contributed by atoms with E-state index in [9.17, 15) is 0 Å². The van der Waals surface area contributed by atoms with E-state index in [1.54, 1.807) is 0 Å². The summed E-state index contributed by atoms with van der Waals surface area (Å²) in [5.74, 6) is 3.45. The van der Waals surface area contributed by atoms with Crippen molar-refractivity contribution in [2.75, 3.05) is 11.9 Å². The monoisotopic (exact) mass is 262 g/mol. The third-order valence-electron chi connectivity index (χ3n) is 4.53. The van der Waals surface area contributed by atoms with Crippen LogP contribution in [-0.2, 0) is 6.54 Å². The average Bonchev–Trinajstić information content (AvgIpc) is 3.24. The van der Waals surface area contributed by atoms with Gasteiger partial charge in [-0.1, -0.05) is 5.10 Å². The van der Waals surface area contributed by atoms with Crippen LogP contribution in [0, 0.1) is 17.8 Å². The fraction of sp³-hybridized carbons (Fsp3) is 0.857. The molecule has 0 unspecified atom stereocenters. The van der Waals surface area contributed by atoms with Crippen LogP contribution in [0.5, 0.6) is 0 Å². The maximum Gasteiger partial charge on any atom is 0.315 e. The Labute approximate surface area is 113 Å². The van der Waals surface area contributed by atoms with Crippen LogP contribution in [-0.4, -0.2) is 22.8 Å². The Balaban J connectivity index is 1.26. The fourth-order valence-corrected chi connectivity index (χ4v) is 2.89. The van der Waals surface area contributed by atoms with E-state index >= 15 is 0 Å². The molecular weight excluding hydrogens is 240 g/mol. The highest BCUT2D eigenvalue weighted by atomic mass is 16.4. The lowest BCUT2D eigenvalue weighted by molar-refractivity contribution is 0.417. The van der Waals surface area contributed by atoms with E-state index in [1.165, 1.54) is 38.5 Å². The zero-order valence-electron chi connectivity index (χ0n) is 11.3. The van der Waals surface area contributed by atoms with Gasteiger partial charge in [-0.15, -0.1) is 5.10 Å². The van der Waals surface area contributed by atoms with Gasteiger partial charge in [0.15, 0.2) is 0 Å². The quantitative estimate of drug-likeness (QED) is 0.751. The number of aromatic nitrogens is 2. The fourth-order valence-electron chi connectivity index (χ4n) is 2.89. The van der Waals surface area contributed by atoms with Gasteiger partial charge >= 0.3 is 6.01 Å². The Morgan fingerprint density at radius 3 is 2.42 bits per heavy atom. The summed E-state index contributed by atoms with van der Waals surface area (Å²) in [6.45, 7) is 1.71. The second kappa shape index (κ2) is 4.78. The molecule has 2 N–H and O–H groups in total. The minimum Gasteiger partial charge on any atom is -0.407 e. The lowest BCUT2D eigenvalue weighted by atomic mass is 9.98. The van der Waals surface area contributed by atoms with Crippen molar-refractivity contribution in [3.05, 3.63) is 5.89 Å². The SMILES string of the molecule is C(NC1CC1)c1nnc(NCC(C2CC2)C2CC2)o1. The first-order valence-electron chi connectivity index (χ1n) is 7.68. The number of hydrogen-bond acceptors (Lipinski definition) is 5. The van der Waals surface area contributed by atoms with Crippen LogP contribution in [0.15, 0.2) is 4.42 Å². The molecule has 4 rings (SSSR count). The Kier molecular flexibility index (Phi) is 2.94. The summed E-state index contributed by atoms with van der Waals surface area (Å²) in [6, 6.07) is 1.27. The largest absolute Gasteiger partial charge is 0.407 e. The first-order chi connectivity index (χ1) is 9.38. The van der Waals surface area contributed by atoms with Gasteiger partial charge < -0.3 is 15.1 Å². The molecule has 5 nitrogen and oxygen atoms in total. The van der Waals surface area contributed by atoms with Gasteiger partial charge in [0.25, 0.3) is 0 Å². The molecule has 0 amide bonds. The average molecular weight is 262 g/mol. The van der Waals surface area contributed by atoms with Crippen LogP contribution < -0.4 is 10.6 Å². The van der Waals surface area contributed by atoms with Gasteiger partial charge in [-0.3, -0.25) is 0 Å². The Bertz CT molecular complexity index is 422. The summed E-state index contributed by atoms with van der Waals surface area (Å²) in [7, 11) is 0. The minimum atomic E-state index is 0.596. The third-order valence-corrected chi connectivity index (χ3v) is 4.53. The lowest BCUT2D eigenvalue weighted by Gasteiger charge is -2.14. The van der Waals surface area contributed by atoms with Gasteiger partial charge in [0.05, 0.1) is 6.54 Å². The highest BCUT2D eigenvalue weighted by molar-refractivity contribution is 5.18. The molecule has 0 saturated heterocycles. The molecule has 1 aromatic rings. The predicted octanol–water partition coefficient (Wildman–Crippen LogP) is 2.17. The molecule has 3 aliphatic rings. The molecule has 3 saturated carbocycles. The van der Waals surface area contributed by atoms with Gasteiger partial charge in [-0.2, -0.15) is 0 Å². The van der Waals surface area contributed by atoms with Gasteiger partial charge in [0.2, 0.25) is 5.89 Å². The molecule has 19 heavy (non-hydrogen) atoms. The van der Waals surface area contributed by atoms with Crippen LogP contribution in [0.25, 0.3) is 0 Å². The zero-order valence-corrected chi connectivity index (χ0v) is 11.3. The topological polar surface area (TPSA) is 63.0 Å². The second-order valence-electron chi connectivity index (χ2n) is 6.38. The van der Waals surface area contributed by atoms with Crippen LogP contribution in [0.1, 0.15) is 44.4 Å². The van der Waals surface area contributed by atoms with Crippen LogP contribution in [0.3, 0.4) is 0 Å². The van der Waals surface area contributed by atoms with E-state index in [2.05, 4.69) is 20.8 Å². The van der Waals surface area contributed by atoms with E-state index in [0.29, 0.717) is 24.5 Å². The summed E-state index contributed by atoms with van der Waals surface area (Å²) in [5.41, 5.74) is 0. The van der Waals surface area contributed by atoms with E-state index in [0.717, 1.165) is 24.3 Å². The maximum absolute atomic E-state index is 5.62.